The number of rotatable bonds is 5. The molecule has 0 spiro atoms. The van der Waals surface area contributed by atoms with Crippen molar-refractivity contribution in [3.63, 3.8) is 0 Å². The average Bonchev–Trinajstić information content (AvgIpc) is 2.42. The van der Waals surface area contributed by atoms with Crippen molar-refractivity contribution < 1.29 is 14.6 Å². The summed E-state index contributed by atoms with van der Waals surface area (Å²) >= 11 is 0. The molecule has 0 amide bonds. The fourth-order valence-corrected chi connectivity index (χ4v) is 2.46. The highest BCUT2D eigenvalue weighted by molar-refractivity contribution is 5.71. The summed E-state index contributed by atoms with van der Waals surface area (Å²) in [5, 5.41) is 8.89. The van der Waals surface area contributed by atoms with Gasteiger partial charge >= 0.3 is 5.97 Å². The summed E-state index contributed by atoms with van der Waals surface area (Å²) in [5.74, 6) is -0.786. The molecule has 0 unspecified atom stereocenters. The Morgan fingerprint density at radius 2 is 2.05 bits per heavy atom. The number of nitrogens with two attached hydrogens (primary N) is 1. The second-order valence-corrected chi connectivity index (χ2v) is 4.74. The summed E-state index contributed by atoms with van der Waals surface area (Å²) in [7, 11) is 0. The molecule has 104 valence electrons. The highest BCUT2D eigenvalue weighted by Crippen LogP contribution is 2.28. The summed E-state index contributed by atoms with van der Waals surface area (Å²) in [4.78, 5) is 12.9. The number of para-hydroxylation sites is 2. The maximum absolute atomic E-state index is 10.8. The molecule has 19 heavy (non-hydrogen) atoms. The second-order valence-electron chi connectivity index (χ2n) is 4.74. The predicted octanol–water partition coefficient (Wildman–Crippen LogP) is 1.73. The Labute approximate surface area is 113 Å². The van der Waals surface area contributed by atoms with Gasteiger partial charge in [-0.1, -0.05) is 12.1 Å². The zero-order chi connectivity index (χ0) is 13.7. The first-order valence-corrected chi connectivity index (χ1v) is 6.59. The van der Waals surface area contributed by atoms with Gasteiger partial charge in [0.25, 0.3) is 0 Å². The number of hydrogen-bond acceptors (Lipinski definition) is 4. The van der Waals surface area contributed by atoms with E-state index in [1.54, 1.807) is 0 Å². The van der Waals surface area contributed by atoms with Crippen LogP contribution in [0.3, 0.4) is 0 Å². The van der Waals surface area contributed by atoms with Crippen LogP contribution in [0.2, 0.25) is 0 Å². The smallest absolute Gasteiger partial charge is 0.305 e. The Morgan fingerprint density at radius 1 is 1.37 bits per heavy atom. The van der Waals surface area contributed by atoms with E-state index in [-0.39, 0.29) is 6.42 Å². The summed E-state index contributed by atoms with van der Waals surface area (Å²) < 4.78 is 5.37. The van der Waals surface area contributed by atoms with Crippen LogP contribution in [0.25, 0.3) is 0 Å². The molecule has 1 saturated heterocycles. The van der Waals surface area contributed by atoms with E-state index < -0.39 is 5.97 Å². The second kappa shape index (κ2) is 6.43. The Balaban J connectivity index is 2.17. The van der Waals surface area contributed by atoms with Gasteiger partial charge in [0.05, 0.1) is 17.8 Å². The zero-order valence-corrected chi connectivity index (χ0v) is 10.9. The van der Waals surface area contributed by atoms with E-state index >= 15 is 0 Å². The van der Waals surface area contributed by atoms with Crippen LogP contribution in [-0.2, 0) is 9.53 Å². The van der Waals surface area contributed by atoms with Crippen molar-refractivity contribution in [2.75, 3.05) is 30.4 Å². The summed E-state index contributed by atoms with van der Waals surface area (Å²) in [6.45, 7) is 1.93. The molecular formula is C14H20N2O3. The van der Waals surface area contributed by atoms with Gasteiger partial charge in [0.15, 0.2) is 0 Å². The fraction of sp³-hybridized carbons (Fsp3) is 0.500. The molecular weight excluding hydrogens is 244 g/mol. The number of anilines is 2. The number of hydrogen-bond donors (Lipinski definition) is 2. The lowest BCUT2D eigenvalue weighted by Gasteiger charge is -2.36. The van der Waals surface area contributed by atoms with Crippen molar-refractivity contribution in [2.24, 2.45) is 0 Å². The molecule has 1 aromatic carbocycles. The van der Waals surface area contributed by atoms with Gasteiger partial charge in [0.1, 0.15) is 0 Å². The lowest BCUT2D eigenvalue weighted by atomic mass is 10.0. The number of nitrogen functional groups attached to an aromatic ring is 1. The minimum absolute atomic E-state index is 0.117. The molecule has 0 saturated carbocycles. The van der Waals surface area contributed by atoms with Gasteiger partial charge in [0, 0.05) is 25.8 Å². The molecule has 3 N–H and O–H groups in total. The molecule has 0 radical (unpaired) electrons. The van der Waals surface area contributed by atoms with Crippen molar-refractivity contribution in [3.05, 3.63) is 24.3 Å². The predicted molar refractivity (Wildman–Crippen MR) is 74.3 cm³/mol. The standard InChI is InChI=1S/C14H20N2O3/c15-12-3-1-2-4-13(12)16(8-5-14(17)18)11-6-9-19-10-7-11/h1-4,11H,5-10,15H2,(H,17,18). The first-order valence-electron chi connectivity index (χ1n) is 6.59. The number of ether oxygens (including phenoxy) is 1. The molecule has 0 aliphatic carbocycles. The topological polar surface area (TPSA) is 75.8 Å². The number of nitrogens with zero attached hydrogens (tertiary/aromatic N) is 1. The van der Waals surface area contributed by atoms with Gasteiger partial charge in [-0.05, 0) is 25.0 Å². The third-order valence-electron chi connectivity index (χ3n) is 3.44. The Kier molecular flexibility index (Phi) is 4.63. The van der Waals surface area contributed by atoms with Crippen LogP contribution in [-0.4, -0.2) is 36.9 Å². The van der Waals surface area contributed by atoms with E-state index in [2.05, 4.69) is 4.90 Å². The first-order chi connectivity index (χ1) is 9.18. The maximum Gasteiger partial charge on any atom is 0.305 e. The SMILES string of the molecule is Nc1ccccc1N(CCC(=O)O)C1CCOCC1. The molecule has 0 bridgehead atoms. The minimum Gasteiger partial charge on any atom is -0.481 e. The van der Waals surface area contributed by atoms with E-state index in [1.807, 2.05) is 24.3 Å². The van der Waals surface area contributed by atoms with Crippen LogP contribution in [0.5, 0.6) is 0 Å². The van der Waals surface area contributed by atoms with Crippen molar-refractivity contribution in [1.29, 1.82) is 0 Å². The van der Waals surface area contributed by atoms with Crippen LogP contribution in [0.1, 0.15) is 19.3 Å². The largest absolute Gasteiger partial charge is 0.481 e. The Morgan fingerprint density at radius 3 is 2.68 bits per heavy atom. The number of carboxylic acid groups (broad SMARTS) is 1. The van der Waals surface area contributed by atoms with Crippen molar-refractivity contribution in [1.82, 2.24) is 0 Å². The molecule has 0 aromatic heterocycles. The number of aliphatic carboxylic acids is 1. The lowest BCUT2D eigenvalue weighted by molar-refractivity contribution is -0.136. The highest BCUT2D eigenvalue weighted by atomic mass is 16.5. The first kappa shape index (κ1) is 13.7. The van der Waals surface area contributed by atoms with Crippen molar-refractivity contribution in [3.8, 4) is 0 Å². The van der Waals surface area contributed by atoms with E-state index in [0.717, 1.165) is 31.7 Å². The van der Waals surface area contributed by atoms with Crippen molar-refractivity contribution >= 4 is 17.3 Å². The van der Waals surface area contributed by atoms with E-state index in [1.165, 1.54) is 0 Å². The van der Waals surface area contributed by atoms with Crippen LogP contribution in [0.4, 0.5) is 11.4 Å². The quantitative estimate of drug-likeness (QED) is 0.792. The monoisotopic (exact) mass is 264 g/mol. The maximum atomic E-state index is 10.8. The molecule has 5 heteroatoms. The van der Waals surface area contributed by atoms with Gasteiger partial charge < -0.3 is 20.5 Å². The fourth-order valence-electron chi connectivity index (χ4n) is 2.46. The van der Waals surface area contributed by atoms with Crippen LogP contribution >= 0.6 is 0 Å². The van der Waals surface area contributed by atoms with Gasteiger partial charge in [-0.3, -0.25) is 4.79 Å². The minimum atomic E-state index is -0.786. The third-order valence-corrected chi connectivity index (χ3v) is 3.44. The molecule has 1 aromatic rings. The summed E-state index contributed by atoms with van der Waals surface area (Å²) in [5.41, 5.74) is 7.63. The normalized spacial score (nSPS) is 16.2. The lowest BCUT2D eigenvalue weighted by Crippen LogP contribution is -2.41. The molecule has 1 heterocycles. The van der Waals surface area contributed by atoms with E-state index in [4.69, 9.17) is 15.6 Å². The van der Waals surface area contributed by atoms with Gasteiger partial charge in [-0.2, -0.15) is 0 Å². The summed E-state index contributed by atoms with van der Waals surface area (Å²) in [6, 6.07) is 7.92. The van der Waals surface area contributed by atoms with Gasteiger partial charge in [-0.15, -0.1) is 0 Å². The van der Waals surface area contributed by atoms with E-state index in [9.17, 15) is 4.79 Å². The van der Waals surface area contributed by atoms with Crippen LogP contribution < -0.4 is 10.6 Å². The number of carbonyl (C=O) groups is 1. The van der Waals surface area contributed by atoms with Crippen LogP contribution in [0, 0.1) is 0 Å². The van der Waals surface area contributed by atoms with Gasteiger partial charge in [-0.25, -0.2) is 0 Å². The molecule has 0 atom stereocenters. The number of benzene rings is 1. The Hall–Kier alpha value is -1.75. The molecule has 5 nitrogen and oxygen atoms in total. The van der Waals surface area contributed by atoms with E-state index in [0.29, 0.717) is 18.3 Å². The molecule has 1 aliphatic rings. The number of carboxylic acids is 1. The average molecular weight is 264 g/mol. The van der Waals surface area contributed by atoms with Crippen LogP contribution in [0.15, 0.2) is 24.3 Å². The third kappa shape index (κ3) is 3.61. The molecule has 1 aliphatic heterocycles. The van der Waals surface area contributed by atoms with Gasteiger partial charge in [0.2, 0.25) is 0 Å². The molecule has 1 fully saturated rings. The van der Waals surface area contributed by atoms with Crippen molar-refractivity contribution in [2.45, 2.75) is 25.3 Å². The zero-order valence-electron chi connectivity index (χ0n) is 10.9. The summed E-state index contributed by atoms with van der Waals surface area (Å²) in [6.07, 6.45) is 1.94. The molecule has 2 rings (SSSR count). The Bertz CT molecular complexity index is 430. The highest BCUT2D eigenvalue weighted by Gasteiger charge is 2.23.